The fourth-order valence-electron chi connectivity index (χ4n) is 4.34. The van der Waals surface area contributed by atoms with Crippen LogP contribution in [0.4, 0.5) is 28.4 Å². The van der Waals surface area contributed by atoms with Gasteiger partial charge in [-0.3, -0.25) is 4.99 Å². The van der Waals surface area contributed by atoms with E-state index in [-0.39, 0.29) is 5.75 Å². The normalized spacial score (nSPS) is 11.1. The second kappa shape index (κ2) is 13.3. The van der Waals surface area contributed by atoms with Gasteiger partial charge in [-0.15, -0.1) is 0 Å². The number of aromatic hydroxyl groups is 1. The number of phenolic OH excluding ortho intramolecular Hbond substituents is 1. The van der Waals surface area contributed by atoms with E-state index in [0.29, 0.717) is 5.56 Å². The summed E-state index contributed by atoms with van der Waals surface area (Å²) in [6.45, 7) is 6.45. The highest BCUT2D eigenvalue weighted by Crippen LogP contribution is 2.35. The first-order valence-corrected chi connectivity index (χ1v) is 13.3. The lowest BCUT2D eigenvalue weighted by Crippen LogP contribution is -2.25. The summed E-state index contributed by atoms with van der Waals surface area (Å²) < 4.78 is 0. The Morgan fingerprint density at radius 2 is 1.16 bits per heavy atom. The number of benzene rings is 4. The maximum atomic E-state index is 10.7. The van der Waals surface area contributed by atoms with E-state index in [0.717, 1.165) is 67.2 Å². The molecule has 1 N–H and O–H groups in total. The second-order valence-electron chi connectivity index (χ2n) is 9.22. The van der Waals surface area contributed by atoms with E-state index in [2.05, 4.69) is 95.4 Å². The molecule has 0 aromatic heterocycles. The fourth-order valence-corrected chi connectivity index (χ4v) is 4.34. The summed E-state index contributed by atoms with van der Waals surface area (Å²) in [6.07, 6.45) is 6.35. The van der Waals surface area contributed by atoms with Crippen LogP contribution in [-0.4, -0.2) is 24.4 Å². The zero-order valence-electron chi connectivity index (χ0n) is 21.9. The van der Waals surface area contributed by atoms with Gasteiger partial charge in [-0.25, -0.2) is 0 Å². The maximum absolute atomic E-state index is 10.7. The van der Waals surface area contributed by atoms with Crippen LogP contribution in [-0.2, 0) is 0 Å². The Morgan fingerprint density at radius 3 is 1.68 bits per heavy atom. The van der Waals surface area contributed by atoms with E-state index in [1.807, 2.05) is 36.4 Å². The van der Waals surface area contributed by atoms with Crippen molar-refractivity contribution in [3.63, 3.8) is 0 Å². The van der Waals surface area contributed by atoms with E-state index >= 15 is 0 Å². The summed E-state index contributed by atoms with van der Waals surface area (Å²) in [6, 6.07) is 34.8. The zero-order chi connectivity index (χ0) is 25.9. The van der Waals surface area contributed by atoms with Crippen LogP contribution in [0, 0.1) is 0 Å². The monoisotopic (exact) mass is 491 g/mol. The van der Waals surface area contributed by atoms with E-state index < -0.39 is 0 Å². The van der Waals surface area contributed by atoms with Gasteiger partial charge in [-0.1, -0.05) is 63.1 Å². The van der Waals surface area contributed by atoms with Crippen molar-refractivity contribution in [2.24, 2.45) is 4.99 Å². The molecule has 0 aliphatic rings. The molecular formula is C33H37N3O. The third-order valence-electron chi connectivity index (χ3n) is 6.43. The highest BCUT2D eigenvalue weighted by atomic mass is 16.3. The summed E-state index contributed by atoms with van der Waals surface area (Å²) in [4.78, 5) is 9.24. The number of unbranched alkanes of at least 4 members (excludes halogenated alkanes) is 2. The maximum Gasteiger partial charge on any atom is 0.126 e. The molecule has 0 spiro atoms. The molecule has 0 fully saturated rings. The molecule has 0 atom stereocenters. The molecule has 0 heterocycles. The molecule has 4 rings (SSSR count). The molecule has 0 radical (unpaired) electrons. The Morgan fingerprint density at radius 1 is 0.649 bits per heavy atom. The molecule has 0 bridgehead atoms. The first-order chi connectivity index (χ1) is 18.2. The molecule has 0 saturated carbocycles. The summed E-state index contributed by atoms with van der Waals surface area (Å²) in [7, 11) is 0. The van der Waals surface area contributed by atoms with Crippen molar-refractivity contribution in [2.45, 2.75) is 39.5 Å². The quantitative estimate of drug-likeness (QED) is 0.201. The van der Waals surface area contributed by atoms with Gasteiger partial charge in [0, 0.05) is 53.7 Å². The van der Waals surface area contributed by atoms with Crippen molar-refractivity contribution in [1.82, 2.24) is 0 Å². The Labute approximate surface area is 221 Å². The van der Waals surface area contributed by atoms with Crippen LogP contribution in [0.5, 0.6) is 5.75 Å². The smallest absolute Gasteiger partial charge is 0.126 e. The Balaban J connectivity index is 1.52. The first-order valence-electron chi connectivity index (χ1n) is 13.3. The lowest BCUT2D eigenvalue weighted by Gasteiger charge is -2.25. The van der Waals surface area contributed by atoms with Crippen molar-refractivity contribution >= 4 is 34.7 Å². The van der Waals surface area contributed by atoms with E-state index in [9.17, 15) is 5.11 Å². The minimum absolute atomic E-state index is 0.259. The molecule has 4 heteroatoms. The van der Waals surface area contributed by atoms with Crippen LogP contribution in [0.15, 0.2) is 108 Å². The molecule has 0 saturated heterocycles. The van der Waals surface area contributed by atoms with Crippen LogP contribution in [0.25, 0.3) is 0 Å². The molecule has 37 heavy (non-hydrogen) atoms. The van der Waals surface area contributed by atoms with E-state index in [1.165, 1.54) is 0 Å². The van der Waals surface area contributed by atoms with Crippen molar-refractivity contribution in [3.05, 3.63) is 109 Å². The van der Waals surface area contributed by atoms with Gasteiger partial charge in [0.25, 0.3) is 0 Å². The fraction of sp³-hybridized carbons (Fsp3) is 0.242. The number of phenols is 1. The topological polar surface area (TPSA) is 39.1 Å². The van der Waals surface area contributed by atoms with Crippen molar-refractivity contribution < 1.29 is 5.11 Å². The summed E-state index contributed by atoms with van der Waals surface area (Å²) in [5, 5.41) is 10.7. The largest absolute Gasteiger partial charge is 0.507 e. The van der Waals surface area contributed by atoms with Crippen LogP contribution in [0.2, 0.25) is 0 Å². The SMILES string of the molecule is CCCCN(CCCC)c1ccc(C=Nc2ccc(N(c3ccccc3)c3ccccc3)cc2)c(O)c1. The second-order valence-corrected chi connectivity index (χ2v) is 9.22. The molecule has 190 valence electrons. The summed E-state index contributed by atoms with van der Waals surface area (Å²) in [5.41, 5.74) is 5.88. The van der Waals surface area contributed by atoms with Crippen molar-refractivity contribution in [3.8, 4) is 5.75 Å². The lowest BCUT2D eigenvalue weighted by molar-refractivity contribution is 0.474. The van der Waals surface area contributed by atoms with Gasteiger partial charge >= 0.3 is 0 Å². The average Bonchev–Trinajstić information content (AvgIpc) is 2.94. The molecule has 0 amide bonds. The van der Waals surface area contributed by atoms with Crippen LogP contribution in [0.1, 0.15) is 45.1 Å². The number of aliphatic imine (C=N–C) groups is 1. The zero-order valence-corrected chi connectivity index (χ0v) is 21.9. The minimum Gasteiger partial charge on any atom is -0.507 e. The number of rotatable bonds is 12. The number of anilines is 4. The van der Waals surface area contributed by atoms with Gasteiger partial charge in [0.15, 0.2) is 0 Å². The number of hydrogen-bond donors (Lipinski definition) is 1. The van der Waals surface area contributed by atoms with Gasteiger partial charge in [-0.05, 0) is 73.5 Å². The number of hydrogen-bond acceptors (Lipinski definition) is 4. The third-order valence-corrected chi connectivity index (χ3v) is 6.43. The molecule has 4 aromatic carbocycles. The van der Waals surface area contributed by atoms with Crippen molar-refractivity contribution in [1.29, 1.82) is 0 Å². The molecule has 4 nitrogen and oxygen atoms in total. The van der Waals surface area contributed by atoms with E-state index in [4.69, 9.17) is 0 Å². The average molecular weight is 492 g/mol. The van der Waals surface area contributed by atoms with E-state index in [1.54, 1.807) is 6.21 Å². The van der Waals surface area contributed by atoms with Crippen LogP contribution < -0.4 is 9.80 Å². The predicted molar refractivity (Wildman–Crippen MR) is 159 cm³/mol. The van der Waals surface area contributed by atoms with Gasteiger partial charge in [0.2, 0.25) is 0 Å². The Hall–Kier alpha value is -4.05. The van der Waals surface area contributed by atoms with Crippen LogP contribution in [0.3, 0.4) is 0 Å². The van der Waals surface area contributed by atoms with Gasteiger partial charge in [-0.2, -0.15) is 0 Å². The number of para-hydroxylation sites is 2. The highest BCUT2D eigenvalue weighted by Gasteiger charge is 2.12. The molecule has 0 unspecified atom stereocenters. The highest BCUT2D eigenvalue weighted by molar-refractivity contribution is 5.86. The summed E-state index contributed by atoms with van der Waals surface area (Å²) >= 11 is 0. The summed E-state index contributed by atoms with van der Waals surface area (Å²) in [5.74, 6) is 0.259. The lowest BCUT2D eigenvalue weighted by atomic mass is 10.1. The molecular weight excluding hydrogens is 454 g/mol. The minimum atomic E-state index is 0.259. The molecule has 4 aromatic rings. The number of nitrogens with zero attached hydrogens (tertiary/aromatic N) is 3. The predicted octanol–water partition coefficient (Wildman–Crippen LogP) is 9.02. The van der Waals surface area contributed by atoms with Gasteiger partial charge in [0.05, 0.1) is 5.69 Å². The Bertz CT molecular complexity index is 1210. The first kappa shape index (κ1) is 26.0. The van der Waals surface area contributed by atoms with Crippen molar-refractivity contribution in [2.75, 3.05) is 22.9 Å². The molecule has 0 aliphatic heterocycles. The third kappa shape index (κ3) is 7.01. The van der Waals surface area contributed by atoms with Gasteiger partial charge < -0.3 is 14.9 Å². The van der Waals surface area contributed by atoms with Crippen LogP contribution >= 0.6 is 0 Å². The Kier molecular flexibility index (Phi) is 9.36. The molecule has 0 aliphatic carbocycles. The standard InChI is InChI=1S/C33H37N3O/c1-3-5-23-35(24-6-4-2)32-20-17-27(33(37)25-32)26-34-28-18-21-31(22-19-28)36(29-13-9-7-10-14-29)30-15-11-8-12-16-30/h7-22,25-26,37H,3-6,23-24H2,1-2H3. The van der Waals surface area contributed by atoms with Gasteiger partial charge in [0.1, 0.15) is 5.75 Å².